The number of rotatable bonds is 9. The van der Waals surface area contributed by atoms with Crippen molar-refractivity contribution in [2.24, 2.45) is 5.10 Å². The molecular formula is C25H24N2O6. The summed E-state index contributed by atoms with van der Waals surface area (Å²) < 4.78 is 21.2. The van der Waals surface area contributed by atoms with E-state index in [1.54, 1.807) is 48.5 Å². The van der Waals surface area contributed by atoms with Crippen molar-refractivity contribution in [3.05, 3.63) is 83.4 Å². The van der Waals surface area contributed by atoms with Gasteiger partial charge in [0.05, 0.1) is 26.0 Å². The summed E-state index contributed by atoms with van der Waals surface area (Å²) in [6, 6.07) is 18.9. The number of carbonyl (C=O) groups excluding carboxylic acids is 2. The van der Waals surface area contributed by atoms with Gasteiger partial charge in [-0.05, 0) is 72.6 Å². The molecule has 0 spiro atoms. The van der Waals surface area contributed by atoms with Gasteiger partial charge in [-0.15, -0.1) is 0 Å². The van der Waals surface area contributed by atoms with E-state index < -0.39 is 5.97 Å². The molecule has 0 saturated heterocycles. The van der Waals surface area contributed by atoms with Crippen molar-refractivity contribution in [2.45, 2.75) is 6.92 Å². The summed E-state index contributed by atoms with van der Waals surface area (Å²) in [5, 5.41) is 3.91. The molecule has 33 heavy (non-hydrogen) atoms. The Balaban J connectivity index is 1.50. The molecule has 0 aromatic heterocycles. The van der Waals surface area contributed by atoms with E-state index >= 15 is 0 Å². The van der Waals surface area contributed by atoms with E-state index in [0.29, 0.717) is 34.1 Å². The zero-order valence-corrected chi connectivity index (χ0v) is 18.5. The van der Waals surface area contributed by atoms with Crippen molar-refractivity contribution in [3.8, 4) is 23.0 Å². The summed E-state index contributed by atoms with van der Waals surface area (Å²) >= 11 is 0. The molecule has 1 N–H and O–H groups in total. The third kappa shape index (κ3) is 6.83. The number of ether oxygens (including phenoxy) is 4. The Hall–Kier alpha value is -4.33. The van der Waals surface area contributed by atoms with Crippen molar-refractivity contribution in [3.63, 3.8) is 0 Å². The molecule has 0 fully saturated rings. The maximum Gasteiger partial charge on any atom is 0.343 e. The van der Waals surface area contributed by atoms with Crippen LogP contribution in [0.5, 0.6) is 23.0 Å². The van der Waals surface area contributed by atoms with Crippen LogP contribution >= 0.6 is 0 Å². The van der Waals surface area contributed by atoms with Gasteiger partial charge in [-0.2, -0.15) is 5.10 Å². The standard InChI is InChI=1S/C25H24N2O6/c1-17-5-4-6-21(13-17)32-16-24(28)27-26-15-18-7-10-20(11-8-18)33-25(29)19-9-12-22(30-2)23(14-19)31-3/h4-15H,16H2,1-3H3,(H,27,28). The Morgan fingerprint density at radius 2 is 1.67 bits per heavy atom. The van der Waals surface area contributed by atoms with Crippen molar-refractivity contribution < 1.29 is 28.5 Å². The molecule has 0 saturated carbocycles. The Morgan fingerprint density at radius 1 is 0.909 bits per heavy atom. The number of benzene rings is 3. The Morgan fingerprint density at radius 3 is 2.36 bits per heavy atom. The third-order valence-electron chi connectivity index (χ3n) is 4.47. The average molecular weight is 448 g/mol. The largest absolute Gasteiger partial charge is 0.493 e. The topological polar surface area (TPSA) is 95.5 Å². The quantitative estimate of drug-likeness (QED) is 0.232. The molecule has 0 heterocycles. The fourth-order valence-corrected chi connectivity index (χ4v) is 2.82. The van der Waals surface area contributed by atoms with Gasteiger partial charge < -0.3 is 18.9 Å². The van der Waals surface area contributed by atoms with Gasteiger partial charge in [0.1, 0.15) is 11.5 Å². The average Bonchev–Trinajstić information content (AvgIpc) is 2.83. The molecule has 8 nitrogen and oxygen atoms in total. The molecule has 0 unspecified atom stereocenters. The summed E-state index contributed by atoms with van der Waals surface area (Å²) in [6.07, 6.45) is 1.48. The van der Waals surface area contributed by atoms with Gasteiger partial charge in [-0.25, -0.2) is 10.2 Å². The zero-order chi connectivity index (χ0) is 23.6. The molecule has 0 aliphatic carbocycles. The number of esters is 1. The summed E-state index contributed by atoms with van der Waals surface area (Å²) in [4.78, 5) is 24.3. The van der Waals surface area contributed by atoms with E-state index in [0.717, 1.165) is 5.56 Å². The number of amides is 1. The lowest BCUT2D eigenvalue weighted by molar-refractivity contribution is -0.123. The first-order valence-electron chi connectivity index (χ1n) is 10.0. The van der Waals surface area contributed by atoms with Crippen LogP contribution in [0.4, 0.5) is 0 Å². The van der Waals surface area contributed by atoms with Gasteiger partial charge in [0.2, 0.25) is 0 Å². The smallest absolute Gasteiger partial charge is 0.343 e. The molecule has 170 valence electrons. The molecule has 3 aromatic rings. The molecule has 0 radical (unpaired) electrons. The van der Waals surface area contributed by atoms with Crippen LogP contribution in [0, 0.1) is 6.92 Å². The third-order valence-corrected chi connectivity index (χ3v) is 4.47. The van der Waals surface area contributed by atoms with Gasteiger partial charge in [-0.3, -0.25) is 4.79 Å². The normalized spacial score (nSPS) is 10.5. The summed E-state index contributed by atoms with van der Waals surface area (Å²) in [7, 11) is 3.01. The molecule has 3 rings (SSSR count). The van der Waals surface area contributed by atoms with Gasteiger partial charge in [0, 0.05) is 0 Å². The number of methoxy groups -OCH3 is 2. The molecule has 0 aliphatic rings. The molecule has 0 atom stereocenters. The van der Waals surface area contributed by atoms with Crippen LogP contribution in [0.15, 0.2) is 71.8 Å². The fourth-order valence-electron chi connectivity index (χ4n) is 2.82. The van der Waals surface area contributed by atoms with Gasteiger partial charge in [0.25, 0.3) is 5.91 Å². The van der Waals surface area contributed by atoms with Crippen LogP contribution in [0.25, 0.3) is 0 Å². The highest BCUT2D eigenvalue weighted by molar-refractivity contribution is 5.92. The van der Waals surface area contributed by atoms with E-state index in [9.17, 15) is 9.59 Å². The molecular weight excluding hydrogens is 424 g/mol. The van der Waals surface area contributed by atoms with E-state index in [2.05, 4.69) is 10.5 Å². The van der Waals surface area contributed by atoms with E-state index in [1.807, 2.05) is 25.1 Å². The zero-order valence-electron chi connectivity index (χ0n) is 18.5. The molecule has 3 aromatic carbocycles. The van der Waals surface area contributed by atoms with Crippen LogP contribution in [0.1, 0.15) is 21.5 Å². The molecule has 1 amide bonds. The van der Waals surface area contributed by atoms with Crippen molar-refractivity contribution in [1.82, 2.24) is 5.43 Å². The second kappa shape index (κ2) is 11.3. The number of hydrogen-bond donors (Lipinski definition) is 1. The lowest BCUT2D eigenvalue weighted by Gasteiger charge is -2.09. The van der Waals surface area contributed by atoms with Crippen LogP contribution < -0.4 is 24.4 Å². The highest BCUT2D eigenvalue weighted by atomic mass is 16.5. The lowest BCUT2D eigenvalue weighted by atomic mass is 10.2. The second-order valence-electron chi connectivity index (χ2n) is 6.93. The van der Waals surface area contributed by atoms with Crippen LogP contribution in [-0.4, -0.2) is 38.9 Å². The summed E-state index contributed by atoms with van der Waals surface area (Å²) in [5.41, 5.74) is 4.48. The molecule has 8 heteroatoms. The predicted molar refractivity (Wildman–Crippen MR) is 123 cm³/mol. The summed E-state index contributed by atoms with van der Waals surface area (Å²) in [5.74, 6) is 1.03. The van der Waals surface area contributed by atoms with Gasteiger partial charge in [0.15, 0.2) is 18.1 Å². The van der Waals surface area contributed by atoms with Crippen molar-refractivity contribution in [1.29, 1.82) is 0 Å². The number of hydrogen-bond acceptors (Lipinski definition) is 7. The number of nitrogens with zero attached hydrogens (tertiary/aromatic N) is 1. The van der Waals surface area contributed by atoms with E-state index in [-0.39, 0.29) is 12.5 Å². The van der Waals surface area contributed by atoms with Gasteiger partial charge in [-0.1, -0.05) is 12.1 Å². The minimum atomic E-state index is -0.529. The Kier molecular flexibility index (Phi) is 8.02. The maximum absolute atomic E-state index is 12.4. The SMILES string of the molecule is COc1ccc(C(=O)Oc2ccc(C=NNC(=O)COc3cccc(C)c3)cc2)cc1OC. The van der Waals surface area contributed by atoms with Crippen LogP contribution in [-0.2, 0) is 4.79 Å². The van der Waals surface area contributed by atoms with Crippen molar-refractivity contribution in [2.75, 3.05) is 20.8 Å². The van der Waals surface area contributed by atoms with Gasteiger partial charge >= 0.3 is 5.97 Å². The fraction of sp³-hybridized carbons (Fsp3) is 0.160. The lowest BCUT2D eigenvalue weighted by Crippen LogP contribution is -2.24. The van der Waals surface area contributed by atoms with E-state index in [1.165, 1.54) is 20.4 Å². The first-order chi connectivity index (χ1) is 16.0. The predicted octanol–water partition coefficient (Wildman–Crippen LogP) is 3.76. The first-order valence-corrected chi connectivity index (χ1v) is 10.0. The van der Waals surface area contributed by atoms with Crippen molar-refractivity contribution >= 4 is 18.1 Å². The number of nitrogens with one attached hydrogen (secondary N) is 1. The monoisotopic (exact) mass is 448 g/mol. The van der Waals surface area contributed by atoms with E-state index in [4.69, 9.17) is 18.9 Å². The maximum atomic E-state index is 12.4. The van der Waals surface area contributed by atoms with Crippen LogP contribution in [0.3, 0.4) is 0 Å². The highest BCUT2D eigenvalue weighted by Gasteiger charge is 2.13. The summed E-state index contributed by atoms with van der Waals surface area (Å²) in [6.45, 7) is 1.80. The Labute approximate surface area is 191 Å². The second-order valence-corrected chi connectivity index (χ2v) is 6.93. The number of carbonyl (C=O) groups is 2. The molecule has 0 bridgehead atoms. The highest BCUT2D eigenvalue weighted by Crippen LogP contribution is 2.28. The minimum Gasteiger partial charge on any atom is -0.493 e. The minimum absolute atomic E-state index is 0.147. The number of aryl methyl sites for hydroxylation is 1. The molecule has 0 aliphatic heterocycles. The van der Waals surface area contributed by atoms with Crippen LogP contribution in [0.2, 0.25) is 0 Å². The Bertz CT molecular complexity index is 1140. The number of hydrazone groups is 1. The first kappa shape index (κ1) is 23.3.